The summed E-state index contributed by atoms with van der Waals surface area (Å²) >= 11 is 1.63. The molecular formula is C16H24N3OS+. The number of nitrogens with one attached hydrogen (secondary N) is 2. The van der Waals surface area contributed by atoms with Crippen LogP contribution in [-0.4, -0.2) is 23.1 Å². The van der Waals surface area contributed by atoms with Gasteiger partial charge in [-0.25, -0.2) is 4.98 Å². The molecule has 2 aromatic rings. The minimum Gasteiger partial charge on any atom is -0.326 e. The Bertz CT molecular complexity index is 695. The van der Waals surface area contributed by atoms with Crippen molar-refractivity contribution in [3.63, 3.8) is 0 Å². The molecule has 21 heavy (non-hydrogen) atoms. The van der Waals surface area contributed by atoms with Gasteiger partial charge >= 0.3 is 0 Å². The van der Waals surface area contributed by atoms with Crippen LogP contribution in [0.2, 0.25) is 0 Å². The van der Waals surface area contributed by atoms with E-state index in [0.717, 1.165) is 21.6 Å². The molecule has 1 fully saturated rings. The summed E-state index contributed by atoms with van der Waals surface area (Å²) in [7, 11) is 0. The summed E-state index contributed by atoms with van der Waals surface area (Å²) in [5.74, 6) is 0.852. The second-order valence-electron chi connectivity index (χ2n) is 6.21. The van der Waals surface area contributed by atoms with Crippen LogP contribution in [0.1, 0.15) is 54.9 Å². The molecule has 0 aliphatic carbocycles. The Balaban J connectivity index is 1.98. The van der Waals surface area contributed by atoms with Gasteiger partial charge in [-0.15, -0.1) is 11.3 Å². The Labute approximate surface area is 129 Å². The number of H-pyrrole nitrogens is 1. The monoisotopic (exact) mass is 306 g/mol. The van der Waals surface area contributed by atoms with Crippen molar-refractivity contribution in [1.82, 2.24) is 9.97 Å². The van der Waals surface area contributed by atoms with Gasteiger partial charge in [0.05, 0.1) is 18.5 Å². The van der Waals surface area contributed by atoms with Gasteiger partial charge in [-0.05, 0) is 52.0 Å². The van der Waals surface area contributed by atoms with E-state index >= 15 is 0 Å². The molecule has 0 amide bonds. The van der Waals surface area contributed by atoms with Crippen LogP contribution >= 0.6 is 11.3 Å². The fourth-order valence-corrected chi connectivity index (χ4v) is 4.32. The third-order valence-corrected chi connectivity index (χ3v) is 5.93. The van der Waals surface area contributed by atoms with Crippen molar-refractivity contribution in [2.45, 2.75) is 52.5 Å². The topological polar surface area (TPSA) is 50.2 Å². The lowest BCUT2D eigenvalue weighted by molar-refractivity contribution is -0.929. The van der Waals surface area contributed by atoms with Crippen LogP contribution in [0.3, 0.4) is 0 Å². The van der Waals surface area contributed by atoms with Crippen molar-refractivity contribution in [3.05, 3.63) is 26.6 Å². The van der Waals surface area contributed by atoms with Crippen LogP contribution < -0.4 is 10.5 Å². The second-order valence-corrected chi connectivity index (χ2v) is 7.41. The molecule has 0 saturated carbocycles. The van der Waals surface area contributed by atoms with Crippen molar-refractivity contribution >= 4 is 21.6 Å². The third kappa shape index (κ3) is 2.77. The fourth-order valence-electron chi connectivity index (χ4n) is 3.29. The predicted molar refractivity (Wildman–Crippen MR) is 87.3 cm³/mol. The number of aryl methyl sites for hydroxylation is 2. The van der Waals surface area contributed by atoms with Crippen LogP contribution in [0, 0.1) is 13.8 Å². The van der Waals surface area contributed by atoms with Gasteiger partial charge in [-0.2, -0.15) is 0 Å². The summed E-state index contributed by atoms with van der Waals surface area (Å²) in [5, 5.41) is 0.777. The highest BCUT2D eigenvalue weighted by Gasteiger charge is 2.24. The summed E-state index contributed by atoms with van der Waals surface area (Å²) in [6.07, 6.45) is 5.23. The van der Waals surface area contributed by atoms with Gasteiger partial charge in [0.15, 0.2) is 5.82 Å². The number of fused-ring (bicyclic) bond motifs is 1. The van der Waals surface area contributed by atoms with E-state index in [9.17, 15) is 4.79 Å². The Morgan fingerprint density at radius 1 is 1.19 bits per heavy atom. The molecule has 114 valence electrons. The van der Waals surface area contributed by atoms with Gasteiger partial charge in [-0.3, -0.25) is 4.79 Å². The smallest absolute Gasteiger partial charge is 0.260 e. The minimum atomic E-state index is 0.0259. The molecule has 3 heterocycles. The maximum Gasteiger partial charge on any atom is 0.260 e. The zero-order valence-corrected chi connectivity index (χ0v) is 13.9. The zero-order valence-electron chi connectivity index (χ0n) is 13.1. The zero-order chi connectivity index (χ0) is 15.0. The second kappa shape index (κ2) is 5.89. The summed E-state index contributed by atoms with van der Waals surface area (Å²) in [4.78, 5) is 23.8. The number of hydrogen-bond acceptors (Lipinski definition) is 3. The molecule has 3 rings (SSSR count). The van der Waals surface area contributed by atoms with E-state index in [1.807, 2.05) is 6.92 Å². The SMILES string of the molecule is Cc1sc2nc([C@H](C)[NH+]3CCCCCC3)[nH]c(=O)c2c1C. The minimum absolute atomic E-state index is 0.0259. The first-order chi connectivity index (χ1) is 10.1. The average molecular weight is 306 g/mol. The number of aromatic amines is 1. The number of quaternary nitrogens is 1. The molecule has 1 aliphatic heterocycles. The van der Waals surface area contributed by atoms with Crippen molar-refractivity contribution in [3.8, 4) is 0 Å². The average Bonchev–Trinajstić information content (AvgIpc) is 2.67. The van der Waals surface area contributed by atoms with Crippen LogP contribution in [0.25, 0.3) is 10.2 Å². The van der Waals surface area contributed by atoms with Crippen LogP contribution in [0.15, 0.2) is 4.79 Å². The van der Waals surface area contributed by atoms with E-state index in [0.29, 0.717) is 0 Å². The van der Waals surface area contributed by atoms with Gasteiger partial charge in [0.25, 0.3) is 5.56 Å². The molecular weight excluding hydrogens is 282 g/mol. The lowest BCUT2D eigenvalue weighted by atomic mass is 10.2. The molecule has 1 aliphatic rings. The standard InChI is InChI=1S/C16H23N3OS/c1-10-12(3)21-16-13(10)15(20)17-14(18-16)11(2)19-8-6-4-5-7-9-19/h11H,4-9H2,1-3H3,(H,17,18,20)/p+1/t11-/m0/s1. The molecule has 2 aromatic heterocycles. The normalized spacial score (nSPS) is 18.8. The first-order valence-electron chi connectivity index (χ1n) is 7.92. The highest BCUT2D eigenvalue weighted by molar-refractivity contribution is 7.18. The predicted octanol–water partition coefficient (Wildman–Crippen LogP) is 2.12. The van der Waals surface area contributed by atoms with Gasteiger partial charge in [0.2, 0.25) is 0 Å². The lowest BCUT2D eigenvalue weighted by Crippen LogP contribution is -3.11. The summed E-state index contributed by atoms with van der Waals surface area (Å²) in [5.41, 5.74) is 1.10. The molecule has 0 aromatic carbocycles. The van der Waals surface area contributed by atoms with E-state index in [-0.39, 0.29) is 11.6 Å². The van der Waals surface area contributed by atoms with E-state index in [2.05, 4.69) is 18.8 Å². The fraction of sp³-hybridized carbons (Fsp3) is 0.625. The highest BCUT2D eigenvalue weighted by atomic mass is 32.1. The van der Waals surface area contributed by atoms with Crippen molar-refractivity contribution in [2.75, 3.05) is 13.1 Å². The van der Waals surface area contributed by atoms with Crippen molar-refractivity contribution < 1.29 is 4.90 Å². The number of aromatic nitrogens is 2. The number of likely N-dealkylation sites (tertiary alicyclic amines) is 1. The molecule has 2 N–H and O–H groups in total. The van der Waals surface area contributed by atoms with Gasteiger partial charge in [0.1, 0.15) is 10.9 Å². The third-order valence-electron chi connectivity index (χ3n) is 4.83. The number of rotatable bonds is 2. The summed E-state index contributed by atoms with van der Waals surface area (Å²) in [6, 6.07) is 0.267. The van der Waals surface area contributed by atoms with Crippen LogP contribution in [0.4, 0.5) is 0 Å². The van der Waals surface area contributed by atoms with Crippen LogP contribution in [-0.2, 0) is 0 Å². The van der Waals surface area contributed by atoms with E-state index in [1.165, 1.54) is 43.6 Å². The van der Waals surface area contributed by atoms with E-state index in [4.69, 9.17) is 4.98 Å². The van der Waals surface area contributed by atoms with Gasteiger partial charge in [-0.1, -0.05) is 0 Å². The molecule has 4 nitrogen and oxygen atoms in total. The maximum absolute atomic E-state index is 12.4. The molecule has 5 heteroatoms. The first-order valence-corrected chi connectivity index (χ1v) is 8.74. The number of thiophene rings is 1. The highest BCUT2D eigenvalue weighted by Crippen LogP contribution is 2.26. The number of hydrogen-bond donors (Lipinski definition) is 2. The largest absolute Gasteiger partial charge is 0.326 e. The van der Waals surface area contributed by atoms with E-state index in [1.54, 1.807) is 16.2 Å². The quantitative estimate of drug-likeness (QED) is 0.893. The summed E-state index contributed by atoms with van der Waals surface area (Å²) in [6.45, 7) is 8.63. The van der Waals surface area contributed by atoms with Crippen LogP contribution in [0.5, 0.6) is 0 Å². The molecule has 1 saturated heterocycles. The maximum atomic E-state index is 12.4. The Kier molecular flexibility index (Phi) is 4.13. The molecule has 0 bridgehead atoms. The van der Waals surface area contributed by atoms with Gasteiger partial charge < -0.3 is 9.88 Å². The first kappa shape index (κ1) is 14.7. The molecule has 0 radical (unpaired) electrons. The Hall–Kier alpha value is -1.20. The van der Waals surface area contributed by atoms with E-state index < -0.39 is 0 Å². The van der Waals surface area contributed by atoms with Crippen molar-refractivity contribution in [1.29, 1.82) is 0 Å². The molecule has 1 atom stereocenters. The Morgan fingerprint density at radius 2 is 1.86 bits per heavy atom. The molecule has 0 unspecified atom stereocenters. The number of nitrogens with zero attached hydrogens (tertiary/aromatic N) is 1. The Morgan fingerprint density at radius 3 is 2.52 bits per heavy atom. The van der Waals surface area contributed by atoms with Gasteiger partial charge in [0, 0.05) is 4.88 Å². The van der Waals surface area contributed by atoms with Crippen molar-refractivity contribution in [2.24, 2.45) is 0 Å². The summed E-state index contributed by atoms with van der Waals surface area (Å²) < 4.78 is 0. The molecule has 0 spiro atoms. The lowest BCUT2D eigenvalue weighted by Gasteiger charge is -2.23.